The van der Waals surface area contributed by atoms with Gasteiger partial charge in [-0.1, -0.05) is 0 Å². The third-order valence-electron chi connectivity index (χ3n) is 7.54. The molecule has 13 heteroatoms. The first-order chi connectivity index (χ1) is 18.7. The van der Waals surface area contributed by atoms with E-state index in [4.69, 9.17) is 9.84 Å². The maximum atomic E-state index is 14.0. The second-order valence-electron chi connectivity index (χ2n) is 9.89. The van der Waals surface area contributed by atoms with Crippen molar-refractivity contribution in [3.63, 3.8) is 0 Å². The Kier molecular flexibility index (Phi) is 10.3. The second kappa shape index (κ2) is 13.2. The molecule has 3 fully saturated rings. The number of aliphatic hydroxyl groups is 1. The van der Waals surface area contributed by atoms with Crippen molar-refractivity contribution < 1.29 is 37.0 Å². The minimum Gasteiger partial charge on any atom is -0.481 e. The normalized spacial score (nSPS) is 21.6. The monoisotopic (exact) mass is 557 g/mol. The molecule has 2 amide bonds. The Balaban J connectivity index is 0.000000239. The smallest absolute Gasteiger partial charge is 0.391 e. The van der Waals surface area contributed by atoms with E-state index in [1.165, 1.54) is 19.6 Å². The molecule has 0 unspecified atom stereocenters. The van der Waals surface area contributed by atoms with Crippen LogP contribution in [0.1, 0.15) is 68.3 Å². The van der Waals surface area contributed by atoms with E-state index in [1.54, 1.807) is 6.07 Å². The number of H-pyrrole nitrogens is 1. The lowest BCUT2D eigenvalue weighted by Crippen LogP contribution is -2.45. The fourth-order valence-electron chi connectivity index (χ4n) is 5.20. The number of aromatic amines is 1. The van der Waals surface area contributed by atoms with E-state index in [9.17, 15) is 27.2 Å². The van der Waals surface area contributed by atoms with Crippen molar-refractivity contribution in [3.8, 4) is 17.1 Å². The zero-order valence-electron chi connectivity index (χ0n) is 22.1. The summed E-state index contributed by atoms with van der Waals surface area (Å²) in [6, 6.07) is 3.02. The fourth-order valence-corrected chi connectivity index (χ4v) is 5.20. The highest BCUT2D eigenvalue weighted by Gasteiger charge is 2.51. The van der Waals surface area contributed by atoms with Gasteiger partial charge in [-0.25, -0.2) is 9.37 Å². The van der Waals surface area contributed by atoms with Gasteiger partial charge in [-0.05, 0) is 63.9 Å². The van der Waals surface area contributed by atoms with Crippen LogP contribution in [0.15, 0.2) is 18.3 Å². The van der Waals surface area contributed by atoms with Gasteiger partial charge >= 0.3 is 6.18 Å². The zero-order chi connectivity index (χ0) is 28.6. The first kappa shape index (κ1) is 30.3. The average molecular weight is 558 g/mol. The minimum atomic E-state index is -4.06. The molecule has 0 bridgehead atoms. The van der Waals surface area contributed by atoms with Gasteiger partial charge in [0.15, 0.2) is 5.82 Å². The topological polar surface area (TPSA) is 120 Å². The molecule has 3 N–H and O–H groups in total. The number of carbonyl (C=O) groups is 2. The van der Waals surface area contributed by atoms with Gasteiger partial charge in [0.1, 0.15) is 5.69 Å². The van der Waals surface area contributed by atoms with Crippen LogP contribution in [0.5, 0.6) is 5.88 Å². The number of aliphatic hydroxyl groups excluding tert-OH is 1. The fraction of sp³-hybridized carbons (Fsp3) is 0.615. The molecule has 1 aliphatic heterocycles. The van der Waals surface area contributed by atoms with E-state index in [-0.39, 0.29) is 35.9 Å². The molecule has 2 aromatic heterocycles. The van der Waals surface area contributed by atoms with Crippen molar-refractivity contribution in [2.75, 3.05) is 20.8 Å². The molecule has 0 radical (unpaired) electrons. The highest BCUT2D eigenvalue weighted by molar-refractivity contribution is 5.94. The number of hydrogen-bond donors (Lipinski definition) is 3. The van der Waals surface area contributed by atoms with E-state index >= 15 is 0 Å². The Morgan fingerprint density at radius 1 is 1.18 bits per heavy atom. The summed E-state index contributed by atoms with van der Waals surface area (Å²) in [6.45, 7) is 0.782. The summed E-state index contributed by atoms with van der Waals surface area (Å²) in [5.74, 6) is -1.42. The number of piperidine rings is 1. The molecule has 5 rings (SSSR count). The van der Waals surface area contributed by atoms with Crippen molar-refractivity contribution in [1.29, 1.82) is 0 Å². The molecule has 2 aromatic rings. The van der Waals surface area contributed by atoms with Gasteiger partial charge in [-0.2, -0.15) is 18.3 Å². The molecule has 1 spiro atoms. The summed E-state index contributed by atoms with van der Waals surface area (Å²) in [4.78, 5) is 28.6. The summed E-state index contributed by atoms with van der Waals surface area (Å²) in [5.41, 5.74) is 1.09. The predicted octanol–water partition coefficient (Wildman–Crippen LogP) is 4.24. The van der Waals surface area contributed by atoms with Crippen LogP contribution in [-0.2, 0) is 4.79 Å². The first-order valence-corrected chi connectivity index (χ1v) is 13.0. The number of halogens is 4. The first-order valence-electron chi connectivity index (χ1n) is 13.0. The Labute approximate surface area is 224 Å². The largest absolute Gasteiger partial charge is 0.481 e. The lowest BCUT2D eigenvalue weighted by molar-refractivity contribution is -0.182. The number of likely N-dealkylation sites (tertiary alicyclic amines) is 1. The number of amides is 2. The lowest BCUT2D eigenvalue weighted by atomic mass is 9.86. The highest BCUT2D eigenvalue weighted by atomic mass is 19.4. The van der Waals surface area contributed by atoms with Crippen molar-refractivity contribution in [3.05, 3.63) is 29.8 Å². The third kappa shape index (κ3) is 7.46. The zero-order valence-corrected chi connectivity index (χ0v) is 22.1. The minimum absolute atomic E-state index is 0.0487. The number of hydrogen-bond acceptors (Lipinski definition) is 6. The second-order valence-corrected chi connectivity index (χ2v) is 9.89. The molecule has 3 heterocycles. The van der Waals surface area contributed by atoms with E-state index in [0.29, 0.717) is 36.5 Å². The van der Waals surface area contributed by atoms with Gasteiger partial charge in [0.2, 0.25) is 12.3 Å². The number of methoxy groups -OCH3 is 1. The summed E-state index contributed by atoms with van der Waals surface area (Å²) in [5, 5.41) is 16.4. The summed E-state index contributed by atoms with van der Waals surface area (Å²) in [6.07, 6.45) is 4.17. The van der Waals surface area contributed by atoms with Gasteiger partial charge in [-0.15, -0.1) is 0 Å². The average Bonchev–Trinajstić information content (AvgIpc) is 3.52. The molecule has 216 valence electrons. The van der Waals surface area contributed by atoms with Crippen LogP contribution in [-0.4, -0.2) is 76.0 Å². The van der Waals surface area contributed by atoms with E-state index in [2.05, 4.69) is 20.5 Å². The molecule has 39 heavy (non-hydrogen) atoms. The quantitative estimate of drug-likeness (QED) is 0.374. The molecule has 1 saturated heterocycles. The van der Waals surface area contributed by atoms with Crippen LogP contribution in [0, 0.1) is 11.7 Å². The Morgan fingerprint density at radius 2 is 1.87 bits per heavy atom. The van der Waals surface area contributed by atoms with Crippen LogP contribution in [0.3, 0.4) is 0 Å². The van der Waals surface area contributed by atoms with Crippen LogP contribution >= 0.6 is 0 Å². The summed E-state index contributed by atoms with van der Waals surface area (Å²) in [7, 11) is 2.47. The highest BCUT2D eigenvalue weighted by Crippen LogP contribution is 2.48. The SMILES string of the molecule is CO.COc1cc(-c2cc(C(=O)N3CCCCC34CC4)[nH]n2)c(F)cn1.O=CNC1CCC(C(F)(F)F)CC1. The number of rotatable bonds is 5. The van der Waals surface area contributed by atoms with Crippen molar-refractivity contribution in [1.82, 2.24) is 25.4 Å². The maximum Gasteiger partial charge on any atom is 0.391 e. The molecular weight excluding hydrogens is 522 g/mol. The molecule has 0 aromatic carbocycles. The number of aromatic nitrogens is 3. The van der Waals surface area contributed by atoms with Gasteiger partial charge in [0, 0.05) is 36.9 Å². The predicted molar refractivity (Wildman–Crippen MR) is 134 cm³/mol. The van der Waals surface area contributed by atoms with Crippen LogP contribution in [0.25, 0.3) is 11.3 Å². The molecule has 9 nitrogen and oxygen atoms in total. The molecular formula is C26H35F4N5O4. The number of pyridine rings is 1. The Morgan fingerprint density at radius 3 is 2.46 bits per heavy atom. The molecule has 3 aliphatic rings. The summed E-state index contributed by atoms with van der Waals surface area (Å²) >= 11 is 0. The van der Waals surface area contributed by atoms with Crippen LogP contribution in [0.4, 0.5) is 17.6 Å². The van der Waals surface area contributed by atoms with Gasteiger partial charge in [-0.3, -0.25) is 14.7 Å². The Hall–Kier alpha value is -3.22. The molecule has 0 atom stereocenters. The van der Waals surface area contributed by atoms with Crippen molar-refractivity contribution >= 4 is 12.3 Å². The number of ether oxygens (including phenoxy) is 1. The van der Waals surface area contributed by atoms with Gasteiger partial charge in [0.05, 0.1) is 24.9 Å². The van der Waals surface area contributed by atoms with E-state index < -0.39 is 17.9 Å². The Bertz CT molecular complexity index is 1100. The van der Waals surface area contributed by atoms with Crippen molar-refractivity contribution in [2.24, 2.45) is 5.92 Å². The number of nitrogens with one attached hydrogen (secondary N) is 2. The van der Waals surface area contributed by atoms with Crippen LogP contribution < -0.4 is 10.1 Å². The number of alkyl halides is 3. The standard InChI is InChI=1S/C17H19FN4O2.C8H12F3NO.CH4O/c1-24-15-8-11(12(18)10-19-15)13-9-14(21-20-13)16(23)22-7-3-2-4-17(22)5-6-17;9-8(10,11)6-1-3-7(4-2-6)12-5-13;1-2/h8-10H,2-7H2,1H3,(H,20,21);5-7H,1-4H2,(H,12,13);2H,1H3. The lowest BCUT2D eigenvalue weighted by Gasteiger charge is -2.35. The molecule has 2 aliphatic carbocycles. The van der Waals surface area contributed by atoms with Crippen LogP contribution in [0.2, 0.25) is 0 Å². The number of nitrogens with zero attached hydrogens (tertiary/aromatic N) is 3. The van der Waals surface area contributed by atoms with Gasteiger partial charge in [0.25, 0.3) is 5.91 Å². The summed E-state index contributed by atoms with van der Waals surface area (Å²) < 4.78 is 55.5. The van der Waals surface area contributed by atoms with E-state index in [1.807, 2.05) is 4.90 Å². The van der Waals surface area contributed by atoms with E-state index in [0.717, 1.165) is 45.5 Å². The maximum absolute atomic E-state index is 14.0. The van der Waals surface area contributed by atoms with Crippen molar-refractivity contribution in [2.45, 2.75) is 75.5 Å². The molecule has 2 saturated carbocycles. The number of carbonyl (C=O) groups excluding carboxylic acids is 2. The van der Waals surface area contributed by atoms with Gasteiger partial charge < -0.3 is 20.1 Å². The third-order valence-corrected chi connectivity index (χ3v) is 7.54.